The van der Waals surface area contributed by atoms with Gasteiger partial charge in [-0.1, -0.05) is 67.4 Å². The highest BCUT2D eigenvalue weighted by Crippen LogP contribution is 2.34. The molecule has 0 fully saturated rings. The Bertz CT molecular complexity index is 1610. The van der Waals surface area contributed by atoms with Gasteiger partial charge in [-0.05, 0) is 54.3 Å². The predicted molar refractivity (Wildman–Crippen MR) is 159 cm³/mol. The Morgan fingerprint density at radius 2 is 1.85 bits per heavy atom. The van der Waals surface area contributed by atoms with E-state index in [0.29, 0.717) is 12.2 Å². The van der Waals surface area contributed by atoms with Gasteiger partial charge in [-0.25, -0.2) is 14.8 Å². The third-order valence-corrected chi connectivity index (χ3v) is 6.95. The van der Waals surface area contributed by atoms with Gasteiger partial charge in [-0.2, -0.15) is 0 Å². The molecule has 0 aliphatic heterocycles. The smallest absolute Gasteiger partial charge is 0.316 e. The molecule has 3 N–H and O–H groups in total. The molecule has 0 bridgehead atoms. The van der Waals surface area contributed by atoms with Gasteiger partial charge in [0, 0.05) is 47.8 Å². The van der Waals surface area contributed by atoms with Crippen molar-refractivity contribution in [2.24, 2.45) is 5.73 Å². The van der Waals surface area contributed by atoms with E-state index in [4.69, 9.17) is 22.3 Å². The van der Waals surface area contributed by atoms with Crippen LogP contribution >= 0.6 is 11.6 Å². The number of aromatic nitrogens is 3. The number of imidazole rings is 1. The molecule has 0 radical (unpaired) electrons. The lowest BCUT2D eigenvalue weighted by atomic mass is 9.96. The number of carbonyl (C=O) groups is 1. The summed E-state index contributed by atoms with van der Waals surface area (Å²) in [7, 11) is 0. The Kier molecular flexibility index (Phi) is 7.79. The number of rotatable bonds is 9. The molecule has 0 saturated heterocycles. The summed E-state index contributed by atoms with van der Waals surface area (Å²) in [6.45, 7) is 5.75. The van der Waals surface area contributed by atoms with Gasteiger partial charge < -0.3 is 20.4 Å². The van der Waals surface area contributed by atoms with E-state index >= 15 is 0 Å². The van der Waals surface area contributed by atoms with E-state index in [2.05, 4.69) is 40.3 Å². The average Bonchev–Trinajstić information content (AvgIpc) is 3.40. The second-order valence-corrected chi connectivity index (χ2v) is 10.0. The minimum absolute atomic E-state index is 0.595. The van der Waals surface area contributed by atoms with Crippen molar-refractivity contribution in [3.8, 4) is 22.4 Å². The van der Waals surface area contributed by atoms with E-state index < -0.39 is 6.03 Å². The number of urea groups is 1. The Morgan fingerprint density at radius 3 is 2.62 bits per heavy atom. The van der Waals surface area contributed by atoms with Crippen molar-refractivity contribution in [3.63, 3.8) is 0 Å². The number of unbranched alkanes of at least 4 members (excludes halogenated alkanes) is 1. The second-order valence-electron chi connectivity index (χ2n) is 9.58. The zero-order valence-electron chi connectivity index (χ0n) is 22.1. The number of hydrogen-bond donors (Lipinski definition) is 2. The summed E-state index contributed by atoms with van der Waals surface area (Å²) in [6.07, 6.45) is 7.86. The molecular formula is C31H31ClN6O. The number of nitrogens with two attached hydrogens (primary N) is 1. The molecule has 2 heterocycles. The Labute approximate surface area is 233 Å². The Balaban J connectivity index is 1.59. The molecule has 39 heavy (non-hydrogen) atoms. The van der Waals surface area contributed by atoms with Gasteiger partial charge in [0.05, 0.1) is 11.4 Å². The number of amides is 2. The van der Waals surface area contributed by atoms with Gasteiger partial charge in [-0.3, -0.25) is 0 Å². The number of halogens is 1. The summed E-state index contributed by atoms with van der Waals surface area (Å²) in [5, 5.41) is 3.48. The van der Waals surface area contributed by atoms with Crippen LogP contribution in [0.4, 0.5) is 16.3 Å². The van der Waals surface area contributed by atoms with E-state index in [-0.39, 0.29) is 0 Å². The average molecular weight is 539 g/mol. The van der Waals surface area contributed by atoms with Crippen LogP contribution in [-0.4, -0.2) is 26.9 Å². The SMILES string of the molecule is CCCCN(Cc1ccc(Cl)cc1)c1nc(-c2cccc(-c3c(C)cccc3NC(N)=O)c2)cn2ccnc12. The molecule has 0 unspecified atom stereocenters. The summed E-state index contributed by atoms with van der Waals surface area (Å²) >= 11 is 6.14. The molecule has 5 rings (SSSR count). The van der Waals surface area contributed by atoms with Crippen molar-refractivity contribution in [3.05, 3.63) is 101 Å². The molecule has 0 saturated carbocycles. The molecule has 0 aliphatic rings. The number of aryl methyl sites for hydroxylation is 1. The van der Waals surface area contributed by atoms with Crippen molar-refractivity contribution >= 4 is 34.8 Å². The fourth-order valence-corrected chi connectivity index (χ4v) is 4.93. The lowest BCUT2D eigenvalue weighted by Gasteiger charge is -2.25. The van der Waals surface area contributed by atoms with Crippen LogP contribution in [0.3, 0.4) is 0 Å². The van der Waals surface area contributed by atoms with Crippen LogP contribution in [0.5, 0.6) is 0 Å². The van der Waals surface area contributed by atoms with Gasteiger partial charge in [-0.15, -0.1) is 0 Å². The standard InChI is InChI=1S/C31H31ClN6O/c1-3-4-16-37(19-22-11-13-25(32)14-12-22)30-29-34-15-17-38(29)20-27(35-30)23-8-6-9-24(18-23)28-21(2)7-5-10-26(28)36-31(33)39/h5-15,17-18,20H,3-4,16,19H2,1-2H3,(H3,33,36,39). The molecule has 0 aliphatic carbocycles. The Hall–Kier alpha value is -4.36. The fourth-order valence-electron chi connectivity index (χ4n) is 4.81. The van der Waals surface area contributed by atoms with Crippen LogP contribution in [-0.2, 0) is 6.54 Å². The first-order valence-electron chi connectivity index (χ1n) is 13.0. The molecule has 3 aromatic carbocycles. The van der Waals surface area contributed by atoms with Crippen molar-refractivity contribution in [1.82, 2.24) is 14.4 Å². The lowest BCUT2D eigenvalue weighted by Crippen LogP contribution is -2.26. The fraction of sp³-hybridized carbons (Fsp3) is 0.194. The van der Waals surface area contributed by atoms with Crippen molar-refractivity contribution in [1.29, 1.82) is 0 Å². The van der Waals surface area contributed by atoms with Crippen molar-refractivity contribution < 1.29 is 4.79 Å². The number of fused-ring (bicyclic) bond motifs is 1. The summed E-state index contributed by atoms with van der Waals surface area (Å²) in [6, 6.07) is 21.3. The normalized spacial score (nSPS) is 11.1. The molecule has 0 atom stereocenters. The van der Waals surface area contributed by atoms with E-state index in [0.717, 1.165) is 69.4 Å². The highest BCUT2D eigenvalue weighted by Gasteiger charge is 2.17. The minimum atomic E-state index is -0.595. The largest absolute Gasteiger partial charge is 0.351 e. The van der Waals surface area contributed by atoms with Gasteiger partial charge in [0.15, 0.2) is 11.5 Å². The number of hydrogen-bond acceptors (Lipinski definition) is 4. The van der Waals surface area contributed by atoms with E-state index in [9.17, 15) is 4.79 Å². The summed E-state index contributed by atoms with van der Waals surface area (Å²) < 4.78 is 2.03. The van der Waals surface area contributed by atoms with Crippen LogP contribution in [0, 0.1) is 6.92 Å². The molecule has 8 heteroatoms. The first-order chi connectivity index (χ1) is 18.9. The predicted octanol–water partition coefficient (Wildman–Crippen LogP) is 7.32. The minimum Gasteiger partial charge on any atom is -0.351 e. The number of anilines is 2. The molecule has 7 nitrogen and oxygen atoms in total. The number of primary amides is 1. The van der Waals surface area contributed by atoms with E-state index in [1.54, 1.807) is 6.20 Å². The summed E-state index contributed by atoms with van der Waals surface area (Å²) in [4.78, 5) is 23.8. The van der Waals surface area contributed by atoms with E-state index in [1.807, 2.05) is 72.2 Å². The van der Waals surface area contributed by atoms with Crippen LogP contribution in [0.1, 0.15) is 30.9 Å². The first kappa shape index (κ1) is 26.3. The monoisotopic (exact) mass is 538 g/mol. The van der Waals surface area contributed by atoms with E-state index in [1.165, 1.54) is 0 Å². The van der Waals surface area contributed by atoms with Gasteiger partial charge in [0.1, 0.15) is 0 Å². The zero-order chi connectivity index (χ0) is 27.4. The first-order valence-corrected chi connectivity index (χ1v) is 13.4. The van der Waals surface area contributed by atoms with Crippen LogP contribution in [0.2, 0.25) is 5.02 Å². The highest BCUT2D eigenvalue weighted by atomic mass is 35.5. The van der Waals surface area contributed by atoms with Gasteiger partial charge >= 0.3 is 6.03 Å². The van der Waals surface area contributed by atoms with Gasteiger partial charge in [0.25, 0.3) is 0 Å². The molecule has 2 aromatic heterocycles. The summed E-state index contributed by atoms with van der Waals surface area (Å²) in [5.74, 6) is 0.832. The maximum atomic E-state index is 11.7. The lowest BCUT2D eigenvalue weighted by molar-refractivity contribution is 0.259. The maximum absolute atomic E-state index is 11.7. The molecular weight excluding hydrogens is 508 g/mol. The topological polar surface area (TPSA) is 88.5 Å². The molecule has 5 aromatic rings. The third-order valence-electron chi connectivity index (χ3n) is 6.70. The second kappa shape index (κ2) is 11.6. The number of carbonyl (C=O) groups excluding carboxylic acids is 1. The maximum Gasteiger partial charge on any atom is 0.316 e. The third kappa shape index (κ3) is 5.89. The van der Waals surface area contributed by atoms with Crippen LogP contribution in [0.25, 0.3) is 28.0 Å². The number of nitrogens with one attached hydrogen (secondary N) is 1. The quantitative estimate of drug-likeness (QED) is 0.206. The molecule has 0 spiro atoms. The zero-order valence-corrected chi connectivity index (χ0v) is 22.8. The summed E-state index contributed by atoms with van der Waals surface area (Å²) in [5.41, 5.74) is 12.8. The molecule has 2 amide bonds. The number of benzene rings is 3. The van der Waals surface area contributed by atoms with Crippen molar-refractivity contribution in [2.75, 3.05) is 16.8 Å². The van der Waals surface area contributed by atoms with Crippen LogP contribution < -0.4 is 16.0 Å². The Morgan fingerprint density at radius 1 is 1.08 bits per heavy atom. The number of nitrogens with zero attached hydrogens (tertiary/aromatic N) is 4. The van der Waals surface area contributed by atoms with Crippen LogP contribution in [0.15, 0.2) is 85.3 Å². The van der Waals surface area contributed by atoms with Crippen molar-refractivity contribution in [2.45, 2.75) is 33.2 Å². The highest BCUT2D eigenvalue weighted by molar-refractivity contribution is 6.30. The van der Waals surface area contributed by atoms with Gasteiger partial charge in [0.2, 0.25) is 0 Å². The molecule has 198 valence electrons.